The molecule has 2 aromatic rings. The minimum atomic E-state index is -0.362. The van der Waals surface area contributed by atoms with Gasteiger partial charge in [0.25, 0.3) is 5.91 Å². The second kappa shape index (κ2) is 11.6. The zero-order chi connectivity index (χ0) is 23.6. The summed E-state index contributed by atoms with van der Waals surface area (Å²) in [6, 6.07) is 15.9. The summed E-state index contributed by atoms with van der Waals surface area (Å²) in [6.45, 7) is 2.41. The zero-order valence-electron chi connectivity index (χ0n) is 18.3. The lowest BCUT2D eigenvalue weighted by Crippen LogP contribution is -2.52. The molecule has 1 aliphatic rings. The number of guanidine groups is 1. The van der Waals surface area contributed by atoms with Crippen molar-refractivity contribution < 1.29 is 19.1 Å². The lowest BCUT2D eigenvalue weighted by atomic mass is 10.2. The second-order valence-electron chi connectivity index (χ2n) is 7.57. The van der Waals surface area contributed by atoms with Crippen molar-refractivity contribution in [3.63, 3.8) is 0 Å². The maximum Gasteiger partial charge on any atom is 0.320 e. The van der Waals surface area contributed by atoms with Crippen LogP contribution in [0, 0.1) is 0 Å². The number of carbonyl (C=O) groups excluding carboxylic acids is 3. The summed E-state index contributed by atoms with van der Waals surface area (Å²) >= 11 is 0. The van der Waals surface area contributed by atoms with Crippen molar-refractivity contribution in [3.05, 3.63) is 65.7 Å². The highest BCUT2D eigenvalue weighted by molar-refractivity contribution is 5.96. The van der Waals surface area contributed by atoms with Gasteiger partial charge in [-0.15, -0.1) is 0 Å². The van der Waals surface area contributed by atoms with Crippen molar-refractivity contribution in [1.82, 2.24) is 15.1 Å². The summed E-state index contributed by atoms with van der Waals surface area (Å²) < 4.78 is 5.31. The highest BCUT2D eigenvalue weighted by Gasteiger charge is 2.23. The van der Waals surface area contributed by atoms with Gasteiger partial charge in [0.15, 0.2) is 5.96 Å². The standard InChI is InChI=1S/C23H28N6O4/c24-23(25)27-19-8-6-18(7-9-19)22(32)26-14-20(30)29-12-10-28(11-13-29)15-21(31)33-16-17-4-2-1-3-5-17/h1-9H,10-16H2,(H,26,32)(H4,24,25,27). The molecule has 10 nitrogen and oxygen atoms in total. The number of amides is 2. The van der Waals surface area contributed by atoms with Crippen molar-refractivity contribution in [3.8, 4) is 0 Å². The molecule has 0 radical (unpaired) electrons. The lowest BCUT2D eigenvalue weighted by molar-refractivity contribution is -0.147. The monoisotopic (exact) mass is 452 g/mol. The van der Waals surface area contributed by atoms with Gasteiger partial charge in [-0.05, 0) is 29.8 Å². The second-order valence-corrected chi connectivity index (χ2v) is 7.57. The quantitative estimate of drug-likeness (QED) is 0.295. The molecule has 0 saturated carbocycles. The molecule has 1 heterocycles. The van der Waals surface area contributed by atoms with Gasteiger partial charge in [0.1, 0.15) is 6.61 Å². The SMILES string of the molecule is NC(N)=Nc1ccc(C(=O)NCC(=O)N2CCN(CC(=O)OCc3ccccc3)CC2)cc1. The van der Waals surface area contributed by atoms with E-state index < -0.39 is 0 Å². The maximum atomic E-state index is 12.5. The Hall–Kier alpha value is -3.92. The first-order valence-corrected chi connectivity index (χ1v) is 10.6. The minimum absolute atomic E-state index is 0.0676. The number of aliphatic imine (C=N–C) groups is 1. The summed E-state index contributed by atoms with van der Waals surface area (Å²) in [5.74, 6) is -0.898. The van der Waals surface area contributed by atoms with Crippen molar-refractivity contribution in [2.45, 2.75) is 6.61 Å². The molecule has 1 fully saturated rings. The molecule has 2 amide bonds. The van der Waals surface area contributed by atoms with Gasteiger partial charge in [-0.25, -0.2) is 4.99 Å². The van der Waals surface area contributed by atoms with Crippen LogP contribution in [0.5, 0.6) is 0 Å². The molecule has 0 aliphatic carbocycles. The predicted octanol–water partition coefficient (Wildman–Crippen LogP) is 0.209. The van der Waals surface area contributed by atoms with Gasteiger partial charge < -0.3 is 26.4 Å². The number of nitrogens with zero attached hydrogens (tertiary/aromatic N) is 3. The molecule has 0 spiro atoms. The molecule has 2 aromatic carbocycles. The summed E-state index contributed by atoms with van der Waals surface area (Å²) in [5.41, 5.74) is 12.5. The summed E-state index contributed by atoms with van der Waals surface area (Å²) in [4.78, 5) is 44.3. The third-order valence-corrected chi connectivity index (χ3v) is 5.11. The van der Waals surface area contributed by atoms with Crippen LogP contribution in [-0.2, 0) is 20.9 Å². The first-order valence-electron chi connectivity index (χ1n) is 10.6. The fraction of sp³-hybridized carbons (Fsp3) is 0.304. The van der Waals surface area contributed by atoms with Crippen LogP contribution in [0.2, 0.25) is 0 Å². The Kier molecular flexibility index (Phi) is 8.36. The molecule has 10 heteroatoms. The number of nitrogens with one attached hydrogen (secondary N) is 1. The Balaban J connectivity index is 1.36. The molecule has 33 heavy (non-hydrogen) atoms. The van der Waals surface area contributed by atoms with E-state index in [2.05, 4.69) is 10.3 Å². The molecule has 0 atom stereocenters. The number of hydrogen-bond acceptors (Lipinski definition) is 6. The van der Waals surface area contributed by atoms with Gasteiger partial charge in [-0.2, -0.15) is 0 Å². The molecule has 174 valence electrons. The van der Waals surface area contributed by atoms with Crippen LogP contribution < -0.4 is 16.8 Å². The third kappa shape index (κ3) is 7.62. The van der Waals surface area contributed by atoms with Crippen LogP contribution >= 0.6 is 0 Å². The maximum absolute atomic E-state index is 12.5. The predicted molar refractivity (Wildman–Crippen MR) is 124 cm³/mol. The van der Waals surface area contributed by atoms with E-state index in [0.29, 0.717) is 37.4 Å². The fourth-order valence-electron chi connectivity index (χ4n) is 3.33. The summed E-state index contributed by atoms with van der Waals surface area (Å²) in [6.07, 6.45) is 0. The molecular weight excluding hydrogens is 424 g/mol. The van der Waals surface area contributed by atoms with Crippen molar-refractivity contribution in [1.29, 1.82) is 0 Å². The van der Waals surface area contributed by atoms with Crippen LogP contribution in [0.3, 0.4) is 0 Å². The molecule has 0 unspecified atom stereocenters. The highest BCUT2D eigenvalue weighted by atomic mass is 16.5. The molecule has 5 N–H and O–H groups in total. The first-order chi connectivity index (χ1) is 15.9. The van der Waals surface area contributed by atoms with Crippen LogP contribution in [0.1, 0.15) is 15.9 Å². The number of piperazine rings is 1. The average molecular weight is 453 g/mol. The van der Waals surface area contributed by atoms with Crippen molar-refractivity contribution in [2.75, 3.05) is 39.3 Å². The van der Waals surface area contributed by atoms with Gasteiger partial charge in [0, 0.05) is 31.7 Å². The topological polar surface area (TPSA) is 143 Å². The van der Waals surface area contributed by atoms with E-state index in [9.17, 15) is 14.4 Å². The van der Waals surface area contributed by atoms with Gasteiger partial charge >= 0.3 is 5.97 Å². The van der Waals surface area contributed by atoms with Crippen LogP contribution in [0.4, 0.5) is 5.69 Å². The van der Waals surface area contributed by atoms with Crippen molar-refractivity contribution >= 4 is 29.4 Å². The van der Waals surface area contributed by atoms with Crippen LogP contribution in [0.15, 0.2) is 59.6 Å². The summed E-state index contributed by atoms with van der Waals surface area (Å²) in [7, 11) is 0. The average Bonchev–Trinajstić information content (AvgIpc) is 2.82. The largest absolute Gasteiger partial charge is 0.460 e. The number of esters is 1. The third-order valence-electron chi connectivity index (χ3n) is 5.11. The van der Waals surface area contributed by atoms with E-state index in [1.807, 2.05) is 35.2 Å². The van der Waals surface area contributed by atoms with Gasteiger partial charge in [0.05, 0.1) is 18.8 Å². The Labute approximate surface area is 192 Å². The molecule has 3 rings (SSSR count). The fourth-order valence-corrected chi connectivity index (χ4v) is 3.33. The van der Waals surface area contributed by atoms with Gasteiger partial charge in [-0.3, -0.25) is 19.3 Å². The number of ether oxygens (including phenoxy) is 1. The number of hydrogen-bond donors (Lipinski definition) is 3. The van der Waals surface area contributed by atoms with E-state index >= 15 is 0 Å². The Morgan fingerprint density at radius 1 is 0.939 bits per heavy atom. The molecule has 0 aromatic heterocycles. The first kappa shape index (κ1) is 23.7. The minimum Gasteiger partial charge on any atom is -0.460 e. The lowest BCUT2D eigenvalue weighted by Gasteiger charge is -2.34. The molecule has 0 bridgehead atoms. The van der Waals surface area contributed by atoms with E-state index in [1.165, 1.54) is 0 Å². The van der Waals surface area contributed by atoms with Gasteiger partial charge in [0.2, 0.25) is 5.91 Å². The highest BCUT2D eigenvalue weighted by Crippen LogP contribution is 2.12. The number of carbonyl (C=O) groups is 3. The van der Waals surface area contributed by atoms with Crippen LogP contribution in [0.25, 0.3) is 0 Å². The van der Waals surface area contributed by atoms with Crippen LogP contribution in [-0.4, -0.2) is 72.8 Å². The van der Waals surface area contributed by atoms with E-state index in [4.69, 9.17) is 16.2 Å². The Bertz CT molecular complexity index is 982. The van der Waals surface area contributed by atoms with E-state index in [-0.39, 0.29) is 43.4 Å². The molecular formula is C23H28N6O4. The summed E-state index contributed by atoms with van der Waals surface area (Å²) in [5, 5.41) is 2.63. The number of rotatable bonds is 8. The van der Waals surface area contributed by atoms with E-state index in [0.717, 1.165) is 5.56 Å². The zero-order valence-corrected chi connectivity index (χ0v) is 18.3. The number of benzene rings is 2. The number of nitrogens with two attached hydrogens (primary N) is 2. The molecule has 1 saturated heterocycles. The van der Waals surface area contributed by atoms with Gasteiger partial charge in [-0.1, -0.05) is 30.3 Å². The Morgan fingerprint density at radius 3 is 2.24 bits per heavy atom. The Morgan fingerprint density at radius 2 is 1.61 bits per heavy atom. The van der Waals surface area contributed by atoms with E-state index in [1.54, 1.807) is 29.2 Å². The normalized spacial score (nSPS) is 13.8. The molecule has 1 aliphatic heterocycles. The smallest absolute Gasteiger partial charge is 0.320 e. The van der Waals surface area contributed by atoms with Crippen molar-refractivity contribution in [2.24, 2.45) is 16.5 Å².